The van der Waals surface area contributed by atoms with Gasteiger partial charge in [0, 0.05) is 4.88 Å². The van der Waals surface area contributed by atoms with Gasteiger partial charge in [0.2, 0.25) is 0 Å². The fourth-order valence-electron chi connectivity index (χ4n) is 3.60. The van der Waals surface area contributed by atoms with Crippen LogP contribution in [0.15, 0.2) is 4.79 Å². The zero-order valence-corrected chi connectivity index (χ0v) is 16.8. The lowest BCUT2D eigenvalue weighted by Gasteiger charge is -2.17. The summed E-state index contributed by atoms with van der Waals surface area (Å²) in [6.07, 6.45) is 7.30. The number of hydrogen-bond donors (Lipinski definition) is 0. The SMILES string of the molecule is CCCCCCOC(=O)Cn1c(C)nc2sc3c(c2c1=O)CCC(C)C3. The number of ether oxygens (including phenoxy) is 1. The molecule has 1 aliphatic rings. The van der Waals surface area contributed by atoms with Gasteiger partial charge in [0.25, 0.3) is 5.56 Å². The Kier molecular flexibility index (Phi) is 6.12. The van der Waals surface area contributed by atoms with E-state index in [0.717, 1.165) is 60.7 Å². The van der Waals surface area contributed by atoms with Crippen molar-refractivity contribution in [2.45, 2.75) is 72.3 Å². The van der Waals surface area contributed by atoms with Gasteiger partial charge in [0.05, 0.1) is 12.0 Å². The van der Waals surface area contributed by atoms with Crippen LogP contribution >= 0.6 is 11.3 Å². The number of unbranched alkanes of at least 4 members (excludes halogenated alkanes) is 3. The summed E-state index contributed by atoms with van der Waals surface area (Å²) in [5.41, 5.74) is 1.06. The summed E-state index contributed by atoms with van der Waals surface area (Å²) in [4.78, 5) is 31.9. The standard InChI is InChI=1S/C20H28N2O3S/c1-4-5-6-7-10-25-17(23)12-22-14(3)21-19-18(20(22)24)15-9-8-13(2)11-16(15)26-19/h13H,4-12H2,1-3H3. The first-order chi connectivity index (χ1) is 12.5. The molecule has 6 heteroatoms. The van der Waals surface area contributed by atoms with Gasteiger partial charge in [-0.05, 0) is 44.1 Å². The first kappa shape index (κ1) is 19.1. The largest absolute Gasteiger partial charge is 0.464 e. The van der Waals surface area contributed by atoms with E-state index in [4.69, 9.17) is 4.74 Å². The fourth-order valence-corrected chi connectivity index (χ4v) is 5.02. The van der Waals surface area contributed by atoms with Gasteiger partial charge in [0.1, 0.15) is 17.2 Å². The minimum Gasteiger partial charge on any atom is -0.464 e. The number of carbonyl (C=O) groups is 1. The first-order valence-electron chi connectivity index (χ1n) is 9.68. The third-order valence-corrected chi connectivity index (χ3v) is 6.30. The highest BCUT2D eigenvalue weighted by atomic mass is 32.1. The number of carbonyl (C=O) groups excluding carboxylic acids is 1. The molecule has 3 rings (SSSR count). The van der Waals surface area contributed by atoms with E-state index in [0.29, 0.717) is 18.3 Å². The van der Waals surface area contributed by atoms with Crippen molar-refractivity contribution in [1.29, 1.82) is 0 Å². The third kappa shape index (κ3) is 4.00. The molecule has 0 aliphatic heterocycles. The average Bonchev–Trinajstić information content (AvgIpc) is 2.95. The van der Waals surface area contributed by atoms with Crippen molar-refractivity contribution in [3.63, 3.8) is 0 Å². The van der Waals surface area contributed by atoms with Gasteiger partial charge in [0.15, 0.2) is 0 Å². The van der Waals surface area contributed by atoms with Crippen LogP contribution in [0.25, 0.3) is 10.2 Å². The number of thiophene rings is 1. The highest BCUT2D eigenvalue weighted by molar-refractivity contribution is 7.18. The van der Waals surface area contributed by atoms with Gasteiger partial charge in [-0.3, -0.25) is 14.2 Å². The normalized spacial score (nSPS) is 16.7. The number of nitrogens with zero attached hydrogens (tertiary/aromatic N) is 2. The monoisotopic (exact) mass is 376 g/mol. The van der Waals surface area contributed by atoms with Crippen molar-refractivity contribution in [3.05, 3.63) is 26.6 Å². The second-order valence-corrected chi connectivity index (χ2v) is 8.45. The van der Waals surface area contributed by atoms with Crippen LogP contribution < -0.4 is 5.56 Å². The number of hydrogen-bond acceptors (Lipinski definition) is 5. The van der Waals surface area contributed by atoms with Gasteiger partial charge in [-0.25, -0.2) is 4.98 Å². The maximum atomic E-state index is 13.0. The summed E-state index contributed by atoms with van der Waals surface area (Å²) in [6, 6.07) is 0. The smallest absolute Gasteiger partial charge is 0.326 e. The Morgan fingerprint density at radius 2 is 2.15 bits per heavy atom. The molecule has 0 spiro atoms. The number of aromatic nitrogens is 2. The predicted octanol–water partition coefficient (Wildman–Crippen LogP) is 4.01. The Morgan fingerprint density at radius 1 is 1.35 bits per heavy atom. The Morgan fingerprint density at radius 3 is 2.92 bits per heavy atom. The van der Waals surface area contributed by atoms with Gasteiger partial charge in [-0.2, -0.15) is 0 Å². The molecule has 0 fully saturated rings. The summed E-state index contributed by atoms with van der Waals surface area (Å²) in [5, 5.41) is 0.721. The lowest BCUT2D eigenvalue weighted by molar-refractivity contribution is -0.144. The molecule has 2 aromatic heterocycles. The predicted molar refractivity (Wildman–Crippen MR) is 105 cm³/mol. The van der Waals surface area contributed by atoms with E-state index in [2.05, 4.69) is 18.8 Å². The topological polar surface area (TPSA) is 61.2 Å². The zero-order valence-electron chi connectivity index (χ0n) is 16.0. The molecule has 26 heavy (non-hydrogen) atoms. The average molecular weight is 377 g/mol. The second kappa shape index (κ2) is 8.33. The van der Waals surface area contributed by atoms with Crippen molar-refractivity contribution in [2.75, 3.05) is 6.61 Å². The van der Waals surface area contributed by atoms with Crippen LogP contribution in [0.1, 0.15) is 62.2 Å². The highest BCUT2D eigenvalue weighted by Crippen LogP contribution is 2.35. The molecule has 5 nitrogen and oxygen atoms in total. The van der Waals surface area contributed by atoms with Crippen LogP contribution in [0.4, 0.5) is 0 Å². The van der Waals surface area contributed by atoms with E-state index >= 15 is 0 Å². The Hall–Kier alpha value is -1.69. The minimum absolute atomic E-state index is 0.0532. The quantitative estimate of drug-likeness (QED) is 0.541. The summed E-state index contributed by atoms with van der Waals surface area (Å²) < 4.78 is 6.77. The van der Waals surface area contributed by atoms with Crippen molar-refractivity contribution in [3.8, 4) is 0 Å². The molecular weight excluding hydrogens is 348 g/mol. The van der Waals surface area contributed by atoms with E-state index in [9.17, 15) is 9.59 Å². The highest BCUT2D eigenvalue weighted by Gasteiger charge is 2.24. The molecule has 1 unspecified atom stereocenters. The van der Waals surface area contributed by atoms with E-state index in [-0.39, 0.29) is 18.1 Å². The molecule has 2 aromatic rings. The maximum absolute atomic E-state index is 13.0. The van der Waals surface area contributed by atoms with E-state index < -0.39 is 0 Å². The van der Waals surface area contributed by atoms with Crippen LogP contribution in [-0.2, 0) is 28.9 Å². The van der Waals surface area contributed by atoms with Gasteiger partial charge in [-0.1, -0.05) is 33.1 Å². The third-order valence-electron chi connectivity index (χ3n) is 5.15. The lowest BCUT2D eigenvalue weighted by Crippen LogP contribution is -2.28. The molecule has 0 amide bonds. The summed E-state index contributed by atoms with van der Waals surface area (Å²) in [5.74, 6) is 0.879. The molecule has 0 radical (unpaired) electrons. The maximum Gasteiger partial charge on any atom is 0.326 e. The summed E-state index contributed by atoms with van der Waals surface area (Å²) >= 11 is 1.64. The van der Waals surface area contributed by atoms with Crippen molar-refractivity contribution >= 4 is 27.5 Å². The molecule has 1 atom stereocenters. The number of fused-ring (bicyclic) bond motifs is 3. The van der Waals surface area contributed by atoms with Crippen LogP contribution in [0.2, 0.25) is 0 Å². The molecule has 1 aliphatic carbocycles. The van der Waals surface area contributed by atoms with Gasteiger partial charge >= 0.3 is 5.97 Å². The Bertz CT molecular complexity index is 853. The molecule has 0 aromatic carbocycles. The Balaban J connectivity index is 1.78. The Labute approximate surface area is 158 Å². The number of rotatable bonds is 7. The van der Waals surface area contributed by atoms with Crippen LogP contribution in [0.3, 0.4) is 0 Å². The molecule has 142 valence electrons. The zero-order chi connectivity index (χ0) is 18.7. The molecule has 0 saturated heterocycles. The molecule has 0 bridgehead atoms. The van der Waals surface area contributed by atoms with Crippen LogP contribution in [0.5, 0.6) is 0 Å². The van der Waals surface area contributed by atoms with Crippen LogP contribution in [0, 0.1) is 12.8 Å². The van der Waals surface area contributed by atoms with Crippen molar-refractivity contribution in [1.82, 2.24) is 9.55 Å². The second-order valence-electron chi connectivity index (χ2n) is 7.36. The first-order valence-corrected chi connectivity index (χ1v) is 10.5. The molecule has 0 saturated carbocycles. The van der Waals surface area contributed by atoms with Crippen LogP contribution in [-0.4, -0.2) is 22.1 Å². The molecular formula is C20H28N2O3S. The van der Waals surface area contributed by atoms with Gasteiger partial charge < -0.3 is 4.74 Å². The summed E-state index contributed by atoms with van der Waals surface area (Å²) in [7, 11) is 0. The number of esters is 1. The molecule has 0 N–H and O–H groups in total. The van der Waals surface area contributed by atoms with E-state index in [1.54, 1.807) is 18.3 Å². The van der Waals surface area contributed by atoms with Gasteiger partial charge in [-0.15, -0.1) is 11.3 Å². The van der Waals surface area contributed by atoms with E-state index in [1.807, 2.05) is 0 Å². The van der Waals surface area contributed by atoms with E-state index in [1.165, 1.54) is 9.44 Å². The minimum atomic E-state index is -0.356. The lowest BCUT2D eigenvalue weighted by atomic mass is 9.89. The number of aryl methyl sites for hydroxylation is 2. The molecule has 2 heterocycles. The fraction of sp³-hybridized carbons (Fsp3) is 0.650. The van der Waals surface area contributed by atoms with Crippen molar-refractivity contribution < 1.29 is 9.53 Å². The van der Waals surface area contributed by atoms with Crippen molar-refractivity contribution in [2.24, 2.45) is 5.92 Å². The summed E-state index contributed by atoms with van der Waals surface area (Å²) in [6.45, 7) is 6.56.